The highest BCUT2D eigenvalue weighted by atomic mass is 16.5. The molecule has 0 aromatic carbocycles. The normalized spacial score (nSPS) is 29.4. The Kier molecular flexibility index (Phi) is 6.30. The molecule has 2 aliphatic rings. The second-order valence-electron chi connectivity index (χ2n) is 6.65. The third-order valence-electron chi connectivity index (χ3n) is 4.77. The minimum atomic E-state index is -0.770. The fraction of sp³-hybridized carbons (Fsp3) is 0.938. The predicted octanol–water partition coefficient (Wildman–Crippen LogP) is 2.77. The number of aliphatic carboxylic acids is 1. The zero-order valence-corrected chi connectivity index (χ0v) is 12.7. The Hall–Kier alpha value is -0.610. The molecule has 20 heavy (non-hydrogen) atoms. The van der Waals surface area contributed by atoms with Crippen molar-refractivity contribution in [1.82, 2.24) is 4.90 Å². The second kappa shape index (κ2) is 7.99. The molecule has 0 amide bonds. The Bertz CT molecular complexity index is 300. The average Bonchev–Trinajstić information content (AvgIpc) is 2.40. The molecule has 0 aromatic rings. The van der Waals surface area contributed by atoms with Crippen molar-refractivity contribution in [2.24, 2.45) is 11.8 Å². The predicted molar refractivity (Wildman–Crippen MR) is 78.8 cm³/mol. The van der Waals surface area contributed by atoms with Crippen LogP contribution in [0.4, 0.5) is 0 Å². The molecule has 1 saturated heterocycles. The summed E-state index contributed by atoms with van der Waals surface area (Å²) in [5, 5.41) is 8.60. The molecule has 2 atom stereocenters. The molecule has 0 spiro atoms. The molecular formula is C16H29NO3. The molecular weight excluding hydrogens is 254 g/mol. The van der Waals surface area contributed by atoms with Crippen LogP contribution in [0.25, 0.3) is 0 Å². The molecule has 1 aliphatic heterocycles. The van der Waals surface area contributed by atoms with Gasteiger partial charge in [0.05, 0.1) is 19.1 Å². The average molecular weight is 283 g/mol. The third kappa shape index (κ3) is 5.41. The Morgan fingerprint density at radius 3 is 2.65 bits per heavy atom. The van der Waals surface area contributed by atoms with Crippen LogP contribution in [0.3, 0.4) is 0 Å². The highest BCUT2D eigenvalue weighted by Crippen LogP contribution is 2.29. The monoisotopic (exact) mass is 283 g/mol. The first-order chi connectivity index (χ1) is 9.63. The molecule has 4 nitrogen and oxygen atoms in total. The third-order valence-corrected chi connectivity index (χ3v) is 4.77. The summed E-state index contributed by atoms with van der Waals surface area (Å²) in [6, 6.07) is 0. The SMILES string of the molecule is CC1CCCC(CN2CCC(OCCC(=O)O)CC2)C1. The molecule has 0 radical (unpaired) electrons. The first kappa shape index (κ1) is 15.8. The Balaban J connectivity index is 1.60. The van der Waals surface area contributed by atoms with E-state index < -0.39 is 5.97 Å². The van der Waals surface area contributed by atoms with E-state index in [-0.39, 0.29) is 12.5 Å². The summed E-state index contributed by atoms with van der Waals surface area (Å²) in [5.74, 6) is 1.03. The van der Waals surface area contributed by atoms with E-state index in [4.69, 9.17) is 9.84 Å². The van der Waals surface area contributed by atoms with Crippen molar-refractivity contribution in [2.45, 2.75) is 58.0 Å². The van der Waals surface area contributed by atoms with E-state index >= 15 is 0 Å². The lowest BCUT2D eigenvalue weighted by Gasteiger charge is -2.36. The van der Waals surface area contributed by atoms with Gasteiger partial charge in [-0.05, 0) is 37.5 Å². The summed E-state index contributed by atoms with van der Waals surface area (Å²) in [4.78, 5) is 13.0. The van der Waals surface area contributed by atoms with Gasteiger partial charge in [-0.3, -0.25) is 4.79 Å². The first-order valence-electron chi connectivity index (χ1n) is 8.19. The van der Waals surface area contributed by atoms with Crippen LogP contribution < -0.4 is 0 Å². The Labute approximate surface area is 122 Å². The van der Waals surface area contributed by atoms with Crippen LogP contribution in [0, 0.1) is 11.8 Å². The van der Waals surface area contributed by atoms with Crippen LogP contribution in [0.2, 0.25) is 0 Å². The van der Waals surface area contributed by atoms with Gasteiger partial charge in [-0.2, -0.15) is 0 Å². The number of likely N-dealkylation sites (tertiary alicyclic amines) is 1. The zero-order chi connectivity index (χ0) is 14.4. The number of nitrogens with zero attached hydrogens (tertiary/aromatic N) is 1. The highest BCUT2D eigenvalue weighted by Gasteiger charge is 2.24. The van der Waals surface area contributed by atoms with E-state index in [1.54, 1.807) is 0 Å². The number of piperidine rings is 1. The van der Waals surface area contributed by atoms with Crippen LogP contribution in [-0.4, -0.2) is 48.3 Å². The largest absolute Gasteiger partial charge is 0.481 e. The van der Waals surface area contributed by atoms with E-state index in [1.165, 1.54) is 32.2 Å². The summed E-state index contributed by atoms with van der Waals surface area (Å²) < 4.78 is 5.64. The van der Waals surface area contributed by atoms with Gasteiger partial charge in [0.25, 0.3) is 0 Å². The van der Waals surface area contributed by atoms with Gasteiger partial charge in [-0.15, -0.1) is 0 Å². The van der Waals surface area contributed by atoms with Gasteiger partial charge >= 0.3 is 5.97 Å². The molecule has 2 fully saturated rings. The smallest absolute Gasteiger partial charge is 0.305 e. The topological polar surface area (TPSA) is 49.8 Å². The molecule has 116 valence electrons. The van der Waals surface area contributed by atoms with Crippen molar-refractivity contribution in [3.8, 4) is 0 Å². The number of carboxylic acids is 1. The summed E-state index contributed by atoms with van der Waals surface area (Å²) >= 11 is 0. The maximum absolute atomic E-state index is 10.5. The van der Waals surface area contributed by atoms with Crippen LogP contribution in [0.1, 0.15) is 51.9 Å². The summed E-state index contributed by atoms with van der Waals surface area (Å²) in [6.07, 6.45) is 8.13. The van der Waals surface area contributed by atoms with E-state index in [0.717, 1.165) is 37.8 Å². The second-order valence-corrected chi connectivity index (χ2v) is 6.65. The van der Waals surface area contributed by atoms with Crippen LogP contribution in [-0.2, 0) is 9.53 Å². The fourth-order valence-electron chi connectivity index (χ4n) is 3.66. The van der Waals surface area contributed by atoms with Crippen molar-refractivity contribution >= 4 is 5.97 Å². The van der Waals surface area contributed by atoms with Crippen LogP contribution in [0.15, 0.2) is 0 Å². The maximum Gasteiger partial charge on any atom is 0.305 e. The molecule has 1 heterocycles. The van der Waals surface area contributed by atoms with Crippen molar-refractivity contribution in [1.29, 1.82) is 0 Å². The quantitative estimate of drug-likeness (QED) is 0.814. The Morgan fingerprint density at radius 1 is 1.25 bits per heavy atom. The van der Waals surface area contributed by atoms with Crippen molar-refractivity contribution in [2.75, 3.05) is 26.2 Å². The number of rotatable bonds is 6. The lowest BCUT2D eigenvalue weighted by molar-refractivity contribution is -0.138. The van der Waals surface area contributed by atoms with Crippen molar-refractivity contribution in [3.63, 3.8) is 0 Å². The number of hydrogen-bond acceptors (Lipinski definition) is 3. The van der Waals surface area contributed by atoms with Gasteiger partial charge in [-0.25, -0.2) is 0 Å². The summed E-state index contributed by atoms with van der Waals surface area (Å²) in [7, 11) is 0. The molecule has 1 saturated carbocycles. The number of ether oxygens (including phenoxy) is 1. The van der Waals surface area contributed by atoms with Gasteiger partial charge in [0, 0.05) is 19.6 Å². The van der Waals surface area contributed by atoms with E-state index in [2.05, 4.69) is 11.8 Å². The summed E-state index contributed by atoms with van der Waals surface area (Å²) in [6.45, 7) is 6.23. The van der Waals surface area contributed by atoms with Gasteiger partial charge < -0.3 is 14.7 Å². The van der Waals surface area contributed by atoms with Gasteiger partial charge in [0.15, 0.2) is 0 Å². The van der Waals surface area contributed by atoms with E-state index in [0.29, 0.717) is 6.61 Å². The van der Waals surface area contributed by atoms with Crippen molar-refractivity contribution < 1.29 is 14.6 Å². The molecule has 0 bridgehead atoms. The Morgan fingerprint density at radius 2 is 2.00 bits per heavy atom. The molecule has 1 aliphatic carbocycles. The van der Waals surface area contributed by atoms with E-state index in [9.17, 15) is 4.79 Å². The van der Waals surface area contributed by atoms with Gasteiger partial charge in [-0.1, -0.05) is 19.8 Å². The fourth-order valence-corrected chi connectivity index (χ4v) is 3.66. The number of hydrogen-bond donors (Lipinski definition) is 1. The lowest BCUT2D eigenvalue weighted by Crippen LogP contribution is -2.40. The molecule has 2 unspecified atom stereocenters. The van der Waals surface area contributed by atoms with Gasteiger partial charge in [0.2, 0.25) is 0 Å². The molecule has 0 aromatic heterocycles. The first-order valence-corrected chi connectivity index (χ1v) is 8.19. The van der Waals surface area contributed by atoms with E-state index in [1.807, 2.05) is 0 Å². The van der Waals surface area contributed by atoms with Crippen LogP contribution >= 0.6 is 0 Å². The zero-order valence-electron chi connectivity index (χ0n) is 12.7. The van der Waals surface area contributed by atoms with Crippen LogP contribution in [0.5, 0.6) is 0 Å². The molecule has 2 rings (SSSR count). The molecule has 1 N–H and O–H groups in total. The highest BCUT2D eigenvalue weighted by molar-refractivity contribution is 5.66. The maximum atomic E-state index is 10.5. The van der Waals surface area contributed by atoms with Gasteiger partial charge in [0.1, 0.15) is 0 Å². The number of carboxylic acid groups (broad SMARTS) is 1. The summed E-state index contributed by atoms with van der Waals surface area (Å²) in [5.41, 5.74) is 0. The lowest BCUT2D eigenvalue weighted by atomic mass is 9.82. The van der Waals surface area contributed by atoms with Crippen molar-refractivity contribution in [3.05, 3.63) is 0 Å². The number of carbonyl (C=O) groups is 1. The minimum absolute atomic E-state index is 0.125. The standard InChI is InChI=1S/C16H29NO3/c1-13-3-2-4-14(11-13)12-17-8-5-15(6-9-17)20-10-7-16(18)19/h13-15H,2-12H2,1H3,(H,18,19). The minimum Gasteiger partial charge on any atom is -0.481 e. The molecule has 4 heteroatoms.